The molecule has 2 heterocycles. The zero-order valence-electron chi connectivity index (χ0n) is 9.09. The molecule has 2 aromatic heterocycles. The molecule has 0 amide bonds. The Hall–Kier alpha value is -0.280. The molecule has 0 aromatic carbocycles. The lowest BCUT2D eigenvalue weighted by Crippen LogP contribution is -2.40. The third kappa shape index (κ3) is 4.47. The largest absolute Gasteiger partial charge is 0.262 e. The number of halogens is 2. The zero-order chi connectivity index (χ0) is 12.1. The summed E-state index contributed by atoms with van der Waals surface area (Å²) in [7, 11) is 0. The topological polar surface area (TPSA) is 17.0 Å². The first kappa shape index (κ1) is 13.2. The molecular formula is C12H12I2N2O+2. The van der Waals surface area contributed by atoms with Crippen LogP contribution in [0.15, 0.2) is 49.1 Å². The molecule has 0 unspecified atom stereocenters. The van der Waals surface area contributed by atoms with E-state index in [4.69, 9.17) is 4.74 Å². The lowest BCUT2D eigenvalue weighted by molar-refractivity contribution is -0.789. The third-order valence-electron chi connectivity index (χ3n) is 2.12. The molecule has 0 saturated carbocycles. The fourth-order valence-electron chi connectivity index (χ4n) is 1.39. The van der Waals surface area contributed by atoms with Gasteiger partial charge in [0.25, 0.3) is 13.5 Å². The van der Waals surface area contributed by atoms with E-state index < -0.39 is 0 Å². The van der Waals surface area contributed by atoms with Gasteiger partial charge < -0.3 is 0 Å². The van der Waals surface area contributed by atoms with Crippen molar-refractivity contribution in [1.82, 2.24) is 0 Å². The van der Waals surface area contributed by atoms with E-state index in [2.05, 4.69) is 69.7 Å². The normalized spacial score (nSPS) is 10.5. The molecule has 0 radical (unpaired) electrons. The molecule has 0 bridgehead atoms. The quantitative estimate of drug-likeness (QED) is 0.512. The third-order valence-corrected chi connectivity index (χ3v) is 3.40. The number of ether oxygens (including phenoxy) is 1. The van der Waals surface area contributed by atoms with Gasteiger partial charge >= 0.3 is 0 Å². The second kappa shape index (κ2) is 6.60. The minimum absolute atomic E-state index is 0.565. The number of hydrogen-bond donors (Lipinski definition) is 0. The molecule has 0 saturated heterocycles. The van der Waals surface area contributed by atoms with E-state index in [0.717, 1.165) is 0 Å². The van der Waals surface area contributed by atoms with Crippen LogP contribution < -0.4 is 9.13 Å². The average Bonchev–Trinajstić information content (AvgIpc) is 2.29. The Morgan fingerprint density at radius 1 is 0.882 bits per heavy atom. The smallest absolute Gasteiger partial charge is 0.257 e. The van der Waals surface area contributed by atoms with Crippen molar-refractivity contribution in [1.29, 1.82) is 0 Å². The number of aromatic nitrogens is 2. The van der Waals surface area contributed by atoms with Gasteiger partial charge in [-0.15, -0.1) is 0 Å². The maximum atomic E-state index is 5.64. The molecule has 0 fully saturated rings. The highest BCUT2D eigenvalue weighted by Crippen LogP contribution is 1.98. The van der Waals surface area contributed by atoms with E-state index in [1.54, 1.807) is 0 Å². The summed E-state index contributed by atoms with van der Waals surface area (Å²) in [5.41, 5.74) is 0. The molecule has 0 aliphatic heterocycles. The first-order valence-electron chi connectivity index (χ1n) is 5.11. The molecule has 3 nitrogen and oxygen atoms in total. The lowest BCUT2D eigenvalue weighted by atomic mass is 10.5. The van der Waals surface area contributed by atoms with E-state index in [1.807, 2.05) is 33.7 Å². The van der Waals surface area contributed by atoms with Gasteiger partial charge in [-0.25, -0.2) is 0 Å². The molecule has 0 aliphatic rings. The van der Waals surface area contributed by atoms with Crippen molar-refractivity contribution in [3.8, 4) is 0 Å². The summed E-state index contributed by atoms with van der Waals surface area (Å²) in [5, 5.41) is 0. The van der Waals surface area contributed by atoms with E-state index in [-0.39, 0.29) is 0 Å². The highest BCUT2D eigenvalue weighted by atomic mass is 127. The van der Waals surface area contributed by atoms with Crippen LogP contribution in [0, 0.1) is 7.14 Å². The van der Waals surface area contributed by atoms with Crippen molar-refractivity contribution in [2.45, 2.75) is 13.5 Å². The summed E-state index contributed by atoms with van der Waals surface area (Å²) in [4.78, 5) is 0. The first-order valence-corrected chi connectivity index (χ1v) is 7.27. The molecule has 17 heavy (non-hydrogen) atoms. The second-order valence-corrected chi connectivity index (χ2v) is 6.03. The van der Waals surface area contributed by atoms with Crippen molar-refractivity contribution in [3.05, 3.63) is 56.2 Å². The van der Waals surface area contributed by atoms with E-state index in [0.29, 0.717) is 13.5 Å². The fourth-order valence-corrected chi connectivity index (χ4v) is 2.52. The van der Waals surface area contributed by atoms with Crippen molar-refractivity contribution >= 4 is 45.2 Å². The predicted octanol–water partition coefficient (Wildman–Crippen LogP) is 2.10. The minimum Gasteiger partial charge on any atom is -0.262 e. The van der Waals surface area contributed by atoms with Crippen LogP contribution >= 0.6 is 45.2 Å². The summed E-state index contributed by atoms with van der Waals surface area (Å²) in [6.07, 6.45) is 8.11. The monoisotopic (exact) mass is 454 g/mol. The fraction of sp³-hybridized carbons (Fsp3) is 0.167. The van der Waals surface area contributed by atoms with Gasteiger partial charge in [0.05, 0.1) is 7.14 Å². The Balaban J connectivity index is 1.87. The first-order chi connectivity index (χ1) is 8.24. The van der Waals surface area contributed by atoms with Crippen LogP contribution in [0.25, 0.3) is 0 Å². The van der Waals surface area contributed by atoms with Crippen LogP contribution in [-0.2, 0) is 18.2 Å². The number of pyridine rings is 2. The molecule has 0 aliphatic carbocycles. The lowest BCUT2D eigenvalue weighted by Gasteiger charge is -1.98. The molecule has 5 heteroatoms. The summed E-state index contributed by atoms with van der Waals surface area (Å²) >= 11 is 4.58. The Labute approximate surface area is 128 Å². The summed E-state index contributed by atoms with van der Waals surface area (Å²) in [6, 6.07) is 8.16. The second-order valence-electron chi connectivity index (χ2n) is 3.54. The van der Waals surface area contributed by atoms with Crippen molar-refractivity contribution in [2.24, 2.45) is 0 Å². The number of hydrogen-bond acceptors (Lipinski definition) is 1. The Bertz CT molecular complexity index is 460. The maximum Gasteiger partial charge on any atom is 0.257 e. The standard InChI is InChI=1S/C12H12I2N2O/c13-11-3-1-5-15(7-11)9-17-10-16-6-2-4-12(14)8-16/h1-8H,9-10H2/q+2. The molecule has 0 N–H and O–H groups in total. The number of nitrogens with zero attached hydrogens (tertiary/aromatic N) is 2. The minimum atomic E-state index is 0.565. The predicted molar refractivity (Wildman–Crippen MR) is 79.8 cm³/mol. The van der Waals surface area contributed by atoms with Gasteiger partial charge in [0.15, 0.2) is 24.8 Å². The van der Waals surface area contributed by atoms with Crippen LogP contribution in [0.3, 0.4) is 0 Å². The highest BCUT2D eigenvalue weighted by molar-refractivity contribution is 14.1. The van der Waals surface area contributed by atoms with E-state index in [9.17, 15) is 0 Å². The van der Waals surface area contributed by atoms with Crippen LogP contribution in [-0.4, -0.2) is 0 Å². The van der Waals surface area contributed by atoms with Gasteiger partial charge in [-0.2, -0.15) is 9.13 Å². The molecule has 2 rings (SSSR count). The molecular weight excluding hydrogens is 442 g/mol. The van der Waals surface area contributed by atoms with Crippen LogP contribution in [0.4, 0.5) is 0 Å². The SMILES string of the molecule is Ic1ccc[n+](COC[n+]2cccc(I)c2)c1. The molecule has 0 atom stereocenters. The van der Waals surface area contributed by atoms with Crippen LogP contribution in [0.1, 0.15) is 0 Å². The number of rotatable bonds is 4. The Morgan fingerprint density at radius 2 is 1.35 bits per heavy atom. The Morgan fingerprint density at radius 3 is 1.76 bits per heavy atom. The summed E-state index contributed by atoms with van der Waals surface area (Å²) in [5.74, 6) is 0. The van der Waals surface area contributed by atoms with Gasteiger partial charge in [-0.1, -0.05) is 0 Å². The van der Waals surface area contributed by atoms with Crippen molar-refractivity contribution in [3.63, 3.8) is 0 Å². The van der Waals surface area contributed by atoms with E-state index >= 15 is 0 Å². The van der Waals surface area contributed by atoms with Crippen LogP contribution in [0.5, 0.6) is 0 Å². The van der Waals surface area contributed by atoms with Gasteiger partial charge in [-0.05, 0) is 57.3 Å². The molecule has 0 spiro atoms. The zero-order valence-corrected chi connectivity index (χ0v) is 13.4. The van der Waals surface area contributed by atoms with Crippen LogP contribution in [0.2, 0.25) is 0 Å². The molecule has 2 aromatic rings. The summed E-state index contributed by atoms with van der Waals surface area (Å²) in [6.45, 7) is 1.13. The van der Waals surface area contributed by atoms with Gasteiger partial charge in [0.2, 0.25) is 0 Å². The van der Waals surface area contributed by atoms with Gasteiger partial charge in [0.1, 0.15) is 0 Å². The average molecular weight is 454 g/mol. The molecule has 88 valence electrons. The van der Waals surface area contributed by atoms with Crippen molar-refractivity contribution in [2.75, 3.05) is 0 Å². The van der Waals surface area contributed by atoms with Crippen molar-refractivity contribution < 1.29 is 13.9 Å². The Kier molecular flexibility index (Phi) is 5.11. The van der Waals surface area contributed by atoms with Gasteiger partial charge in [-0.3, -0.25) is 4.74 Å². The summed E-state index contributed by atoms with van der Waals surface area (Å²) < 4.78 is 12.1. The highest BCUT2D eigenvalue weighted by Gasteiger charge is 2.04. The maximum absolute atomic E-state index is 5.64. The van der Waals surface area contributed by atoms with E-state index in [1.165, 1.54) is 7.14 Å². The van der Waals surface area contributed by atoms with Gasteiger partial charge in [0, 0.05) is 12.1 Å².